The summed E-state index contributed by atoms with van der Waals surface area (Å²) in [4.78, 5) is 0. The summed E-state index contributed by atoms with van der Waals surface area (Å²) in [5, 5.41) is 0.866. The monoisotopic (exact) mass is 256 g/mol. The molecule has 60 valence electrons. The van der Waals surface area contributed by atoms with Gasteiger partial charge in [-0.3, -0.25) is 0 Å². The van der Waals surface area contributed by atoms with E-state index >= 15 is 0 Å². The summed E-state index contributed by atoms with van der Waals surface area (Å²) < 4.78 is 13.0. The van der Waals surface area contributed by atoms with Crippen molar-refractivity contribution in [1.82, 2.24) is 0 Å². The first-order chi connectivity index (χ1) is 5.16. The zero-order chi connectivity index (χ0) is 8.43. The van der Waals surface area contributed by atoms with Crippen LogP contribution in [0.1, 0.15) is 5.56 Å². The van der Waals surface area contributed by atoms with Gasteiger partial charge in [-0.25, -0.2) is 4.39 Å². The van der Waals surface area contributed by atoms with Crippen molar-refractivity contribution in [3.8, 4) is 0 Å². The molecule has 0 nitrogen and oxygen atoms in total. The lowest BCUT2D eigenvalue weighted by atomic mass is 10.2. The summed E-state index contributed by atoms with van der Waals surface area (Å²) >= 11 is 14.3. The molecule has 0 aliphatic heterocycles. The van der Waals surface area contributed by atoms with Crippen LogP contribution < -0.4 is 0 Å². The van der Waals surface area contributed by atoms with Gasteiger partial charge in [0.05, 0.1) is 5.02 Å². The maximum absolute atomic E-state index is 13.0. The molecule has 0 aromatic heterocycles. The Kier molecular flexibility index (Phi) is 3.16. The van der Waals surface area contributed by atoms with Gasteiger partial charge < -0.3 is 0 Å². The van der Waals surface area contributed by atoms with Crippen molar-refractivity contribution in [2.24, 2.45) is 0 Å². The van der Waals surface area contributed by atoms with Crippen LogP contribution in [0, 0.1) is 5.82 Å². The van der Waals surface area contributed by atoms with Gasteiger partial charge in [-0.15, -0.1) is 0 Å². The molecule has 0 radical (unpaired) electrons. The van der Waals surface area contributed by atoms with E-state index < -0.39 is 5.82 Å². The second-order valence-corrected chi connectivity index (χ2v) is 3.33. The maximum Gasteiger partial charge on any atom is 0.147 e. The zero-order valence-electron chi connectivity index (χ0n) is 5.37. The van der Waals surface area contributed by atoms with Gasteiger partial charge in [0.2, 0.25) is 0 Å². The lowest BCUT2D eigenvalue weighted by molar-refractivity contribution is 0.618. The first kappa shape index (κ1) is 9.30. The molecule has 0 saturated heterocycles. The smallest absolute Gasteiger partial charge is 0.147 e. The van der Waals surface area contributed by atoms with Crippen molar-refractivity contribution in [2.75, 3.05) is 0 Å². The molecule has 0 amide bonds. The van der Waals surface area contributed by atoms with E-state index in [2.05, 4.69) is 15.9 Å². The molecule has 0 fully saturated rings. The molecular weight excluding hydrogens is 254 g/mol. The fraction of sp³-hybridized carbons (Fsp3) is 0.143. The van der Waals surface area contributed by atoms with E-state index in [1.807, 2.05) is 0 Å². The predicted molar refractivity (Wildman–Crippen MR) is 49.1 cm³/mol. The van der Waals surface area contributed by atoms with Crippen LogP contribution in [0.2, 0.25) is 10.0 Å². The van der Waals surface area contributed by atoms with Gasteiger partial charge in [0.1, 0.15) is 5.82 Å². The van der Waals surface area contributed by atoms with Crippen LogP contribution in [0.25, 0.3) is 0 Å². The van der Waals surface area contributed by atoms with E-state index in [1.165, 1.54) is 6.07 Å². The Bertz CT molecular complexity index is 275. The maximum atomic E-state index is 13.0. The SMILES string of the molecule is Fc1c(Cl)ccc(Cl)c1CBr. The van der Waals surface area contributed by atoms with Gasteiger partial charge in [0, 0.05) is 15.9 Å². The Balaban J connectivity index is 3.29. The molecule has 0 unspecified atom stereocenters. The Morgan fingerprint density at radius 2 is 1.82 bits per heavy atom. The largest absolute Gasteiger partial charge is 0.205 e. The van der Waals surface area contributed by atoms with Gasteiger partial charge in [-0.05, 0) is 12.1 Å². The summed E-state index contributed by atoms with van der Waals surface area (Å²) in [6.07, 6.45) is 0. The normalized spacial score (nSPS) is 10.2. The third-order valence-corrected chi connectivity index (χ3v) is 2.48. The van der Waals surface area contributed by atoms with Crippen LogP contribution in [0.3, 0.4) is 0 Å². The first-order valence-electron chi connectivity index (χ1n) is 2.85. The number of hydrogen-bond acceptors (Lipinski definition) is 0. The van der Waals surface area contributed by atoms with Crippen molar-refractivity contribution in [1.29, 1.82) is 0 Å². The van der Waals surface area contributed by atoms with Crippen molar-refractivity contribution >= 4 is 39.1 Å². The summed E-state index contributed by atoms with van der Waals surface area (Å²) in [5.74, 6) is -0.448. The summed E-state index contributed by atoms with van der Waals surface area (Å²) in [7, 11) is 0. The lowest BCUT2D eigenvalue weighted by Crippen LogP contribution is -1.87. The van der Waals surface area contributed by atoms with Gasteiger partial charge >= 0.3 is 0 Å². The molecule has 0 heterocycles. The third-order valence-electron chi connectivity index (χ3n) is 1.27. The Labute approximate surface area is 82.4 Å². The van der Waals surface area contributed by atoms with E-state index in [9.17, 15) is 4.39 Å². The Hall–Kier alpha value is 0.210. The molecule has 1 aromatic rings. The van der Waals surface area contributed by atoms with Crippen LogP contribution in [-0.2, 0) is 5.33 Å². The molecule has 0 saturated carbocycles. The Morgan fingerprint density at radius 3 is 2.27 bits per heavy atom. The fourth-order valence-electron chi connectivity index (χ4n) is 0.692. The second kappa shape index (κ2) is 3.74. The highest BCUT2D eigenvalue weighted by molar-refractivity contribution is 9.08. The number of halogens is 4. The van der Waals surface area contributed by atoms with E-state index in [4.69, 9.17) is 23.2 Å². The summed E-state index contributed by atoms with van der Waals surface area (Å²) in [5.41, 5.74) is 0.402. The van der Waals surface area contributed by atoms with Gasteiger partial charge in [-0.2, -0.15) is 0 Å². The predicted octanol–water partition coefficient (Wildman–Crippen LogP) is 4.03. The van der Waals surface area contributed by atoms with Crippen LogP contribution >= 0.6 is 39.1 Å². The van der Waals surface area contributed by atoms with Crippen molar-refractivity contribution < 1.29 is 4.39 Å². The molecule has 0 bridgehead atoms. The molecule has 11 heavy (non-hydrogen) atoms. The average molecular weight is 258 g/mol. The molecular formula is C7H4BrCl2F. The molecule has 1 aromatic carbocycles. The minimum Gasteiger partial charge on any atom is -0.205 e. The first-order valence-corrected chi connectivity index (χ1v) is 4.73. The molecule has 0 aliphatic rings. The topological polar surface area (TPSA) is 0 Å². The third kappa shape index (κ3) is 1.86. The Morgan fingerprint density at radius 1 is 1.27 bits per heavy atom. The highest BCUT2D eigenvalue weighted by Gasteiger charge is 2.08. The second-order valence-electron chi connectivity index (χ2n) is 1.96. The minimum atomic E-state index is -0.448. The molecule has 4 heteroatoms. The van der Waals surface area contributed by atoms with Gasteiger partial charge in [0.15, 0.2) is 0 Å². The van der Waals surface area contributed by atoms with Crippen molar-refractivity contribution in [3.63, 3.8) is 0 Å². The number of hydrogen-bond donors (Lipinski definition) is 0. The van der Waals surface area contributed by atoms with Gasteiger partial charge in [-0.1, -0.05) is 39.1 Å². The van der Waals surface area contributed by atoms with Crippen LogP contribution in [0.15, 0.2) is 12.1 Å². The standard InChI is InChI=1S/C7H4BrCl2F/c8-3-4-5(9)1-2-6(10)7(4)11/h1-2H,3H2. The highest BCUT2D eigenvalue weighted by atomic mass is 79.9. The summed E-state index contributed by atoms with van der Waals surface area (Å²) in [6, 6.07) is 3.01. The van der Waals surface area contributed by atoms with Crippen LogP contribution in [0.4, 0.5) is 4.39 Å². The van der Waals surface area contributed by atoms with Gasteiger partial charge in [0.25, 0.3) is 0 Å². The molecule has 0 aliphatic carbocycles. The van der Waals surface area contributed by atoms with Crippen LogP contribution in [0.5, 0.6) is 0 Å². The van der Waals surface area contributed by atoms with E-state index in [0.29, 0.717) is 15.9 Å². The summed E-state index contributed by atoms with van der Waals surface area (Å²) in [6.45, 7) is 0. The molecule has 0 spiro atoms. The molecule has 0 atom stereocenters. The highest BCUT2D eigenvalue weighted by Crippen LogP contribution is 2.26. The molecule has 1 rings (SSSR count). The number of benzene rings is 1. The molecule has 0 N–H and O–H groups in total. The fourth-order valence-corrected chi connectivity index (χ4v) is 1.79. The zero-order valence-corrected chi connectivity index (χ0v) is 8.47. The van der Waals surface area contributed by atoms with Crippen LogP contribution in [-0.4, -0.2) is 0 Å². The quantitative estimate of drug-likeness (QED) is 0.527. The van der Waals surface area contributed by atoms with E-state index in [1.54, 1.807) is 6.07 Å². The number of rotatable bonds is 1. The minimum absolute atomic E-state index is 0.101. The van der Waals surface area contributed by atoms with E-state index in [-0.39, 0.29) is 5.02 Å². The number of alkyl halides is 1. The lowest BCUT2D eigenvalue weighted by Gasteiger charge is -2.02. The van der Waals surface area contributed by atoms with E-state index in [0.717, 1.165) is 0 Å². The van der Waals surface area contributed by atoms with Crippen molar-refractivity contribution in [2.45, 2.75) is 5.33 Å². The van der Waals surface area contributed by atoms with Crippen molar-refractivity contribution in [3.05, 3.63) is 33.6 Å². The average Bonchev–Trinajstić information content (AvgIpc) is 1.99.